The van der Waals surface area contributed by atoms with E-state index in [-0.39, 0.29) is 47.1 Å². The van der Waals surface area contributed by atoms with Crippen molar-refractivity contribution in [3.05, 3.63) is 81.0 Å². The van der Waals surface area contributed by atoms with Crippen LogP contribution in [-0.2, 0) is 29.8 Å². The molecule has 0 saturated carbocycles. The molecule has 1 aliphatic carbocycles. The van der Waals surface area contributed by atoms with Crippen molar-refractivity contribution in [2.24, 2.45) is 5.73 Å². The number of benzene rings is 2. The average molecular weight is 784 g/mol. The number of carbonyl (C=O) groups is 4. The van der Waals surface area contributed by atoms with Crippen molar-refractivity contribution in [1.82, 2.24) is 15.5 Å². The molecule has 296 valence electrons. The summed E-state index contributed by atoms with van der Waals surface area (Å²) in [5.74, 6) is -5.50. The van der Waals surface area contributed by atoms with Gasteiger partial charge in [0.1, 0.15) is 11.9 Å². The maximum absolute atomic E-state index is 16.4. The molecule has 2 heterocycles. The number of carbonyl (C=O) groups excluding carboxylic acids is 4. The predicted octanol–water partition coefficient (Wildman–Crippen LogP) is 6.38. The fourth-order valence-corrected chi connectivity index (χ4v) is 7.95. The van der Waals surface area contributed by atoms with E-state index in [0.717, 1.165) is 43.4 Å². The van der Waals surface area contributed by atoms with Crippen molar-refractivity contribution in [3.8, 4) is 11.1 Å². The summed E-state index contributed by atoms with van der Waals surface area (Å²) in [6.07, 6.45) is 6.42. The number of hydrogen-bond acceptors (Lipinski definition) is 8. The number of halogens is 3. The summed E-state index contributed by atoms with van der Waals surface area (Å²) < 4.78 is 56.8. The first-order valence-electron chi connectivity index (χ1n) is 18.5. The van der Waals surface area contributed by atoms with Crippen molar-refractivity contribution >= 4 is 40.9 Å². The number of methoxy groups -OCH3 is 1. The third-order valence-electron chi connectivity index (χ3n) is 10.1. The molecule has 1 saturated heterocycles. The van der Waals surface area contributed by atoms with Crippen molar-refractivity contribution in [1.29, 1.82) is 5.41 Å². The maximum atomic E-state index is 16.4. The van der Waals surface area contributed by atoms with E-state index < -0.39 is 54.5 Å². The highest BCUT2D eigenvalue weighted by Crippen LogP contribution is 2.51. The van der Waals surface area contributed by atoms with Gasteiger partial charge >= 0.3 is 5.97 Å². The molecule has 1 unspecified atom stereocenters. The van der Waals surface area contributed by atoms with Crippen LogP contribution in [0, 0.1) is 5.41 Å². The number of rotatable bonds is 19. The second-order valence-electron chi connectivity index (χ2n) is 14.2. The third kappa shape index (κ3) is 10.1. The largest absolute Gasteiger partial charge is 0.469 e. The number of esters is 1. The number of nitrogens with one attached hydrogen (secondary N) is 3. The molecule has 3 amide bonds. The molecular formula is C40H48F3N5O6S. The van der Waals surface area contributed by atoms with Gasteiger partial charge in [-0.3, -0.25) is 24.6 Å². The first-order chi connectivity index (χ1) is 26.2. The summed E-state index contributed by atoms with van der Waals surface area (Å²) in [4.78, 5) is 53.5. The number of amides is 3. The Morgan fingerprint density at radius 3 is 2.36 bits per heavy atom. The van der Waals surface area contributed by atoms with Crippen molar-refractivity contribution in [2.75, 3.05) is 33.4 Å². The van der Waals surface area contributed by atoms with Gasteiger partial charge in [0.25, 0.3) is 11.8 Å². The molecule has 55 heavy (non-hydrogen) atoms. The average Bonchev–Trinajstić information content (AvgIpc) is 3.87. The number of hydrogen-bond donors (Lipinski definition) is 4. The smallest absolute Gasteiger partial charge is 0.305 e. The topological polar surface area (TPSA) is 164 Å². The molecule has 15 heteroatoms. The highest BCUT2D eigenvalue weighted by atomic mass is 32.1. The number of amidine groups is 1. The minimum atomic E-state index is -3.21. The van der Waals surface area contributed by atoms with E-state index in [2.05, 4.69) is 15.4 Å². The summed E-state index contributed by atoms with van der Waals surface area (Å²) in [5, 5.41) is 14.7. The van der Waals surface area contributed by atoms with Crippen LogP contribution in [0.5, 0.6) is 0 Å². The van der Waals surface area contributed by atoms with Gasteiger partial charge in [-0.15, -0.1) is 11.3 Å². The van der Waals surface area contributed by atoms with Gasteiger partial charge in [0.05, 0.1) is 32.8 Å². The van der Waals surface area contributed by atoms with E-state index >= 15 is 13.2 Å². The molecule has 2 aromatic carbocycles. The van der Waals surface area contributed by atoms with Crippen LogP contribution in [0.15, 0.2) is 53.9 Å². The van der Waals surface area contributed by atoms with Crippen LogP contribution in [0.3, 0.4) is 0 Å². The Morgan fingerprint density at radius 2 is 1.65 bits per heavy atom. The molecule has 0 radical (unpaired) electrons. The molecule has 5 rings (SSSR count). The lowest BCUT2D eigenvalue weighted by Crippen LogP contribution is -2.49. The molecule has 1 aromatic heterocycles. The number of nitrogens with two attached hydrogens (primary N) is 1. The minimum Gasteiger partial charge on any atom is -0.469 e. The van der Waals surface area contributed by atoms with E-state index in [4.69, 9.17) is 15.9 Å². The number of alkyl halides is 3. The molecule has 3 atom stereocenters. The van der Waals surface area contributed by atoms with Gasteiger partial charge in [-0.05, 0) is 49.1 Å². The molecule has 3 aromatic rings. The van der Waals surface area contributed by atoms with E-state index in [1.54, 1.807) is 30.5 Å². The minimum absolute atomic E-state index is 0.0660. The van der Waals surface area contributed by atoms with Gasteiger partial charge in [0.15, 0.2) is 5.67 Å². The third-order valence-corrected chi connectivity index (χ3v) is 11.2. The maximum Gasteiger partial charge on any atom is 0.305 e. The quantitative estimate of drug-likeness (QED) is 0.0475. The zero-order chi connectivity index (χ0) is 39.8. The second kappa shape index (κ2) is 18.2. The van der Waals surface area contributed by atoms with Crippen molar-refractivity contribution in [2.45, 2.75) is 88.4 Å². The number of fused-ring (bicyclic) bond motifs is 3. The Bertz CT molecular complexity index is 1890. The number of unbranched alkanes of at least 4 members (excludes halogenated alkanes) is 6. The van der Waals surface area contributed by atoms with Crippen LogP contribution in [-0.4, -0.2) is 79.6 Å². The summed E-state index contributed by atoms with van der Waals surface area (Å²) in [5.41, 5.74) is 4.30. The summed E-state index contributed by atoms with van der Waals surface area (Å²) in [7, 11) is 1.38. The molecule has 1 aliphatic heterocycles. The van der Waals surface area contributed by atoms with Gasteiger partial charge in [0.2, 0.25) is 11.8 Å². The lowest BCUT2D eigenvalue weighted by molar-refractivity contribution is -0.140. The highest BCUT2D eigenvalue weighted by Gasteiger charge is 2.50. The van der Waals surface area contributed by atoms with Crippen LogP contribution in [0.1, 0.15) is 103 Å². The Morgan fingerprint density at radius 1 is 0.964 bits per heavy atom. The fraction of sp³-hybridized carbons (Fsp3) is 0.475. The summed E-state index contributed by atoms with van der Waals surface area (Å²) >= 11 is 1.30. The Hall–Kier alpha value is -4.76. The Labute approximate surface area is 322 Å². The van der Waals surface area contributed by atoms with Gasteiger partial charge in [-0.1, -0.05) is 62.4 Å². The van der Waals surface area contributed by atoms with Gasteiger partial charge in [-0.25, -0.2) is 4.39 Å². The normalized spacial score (nSPS) is 18.6. The fourth-order valence-electron chi connectivity index (χ4n) is 7.03. The number of nitrogen functional groups attached to an aromatic ring is 1. The van der Waals surface area contributed by atoms with E-state index in [1.165, 1.54) is 48.8 Å². The molecule has 0 spiro atoms. The number of ether oxygens (including phenoxy) is 2. The lowest BCUT2D eigenvalue weighted by Gasteiger charge is -2.25. The number of thiophene rings is 1. The molecule has 11 nitrogen and oxygen atoms in total. The van der Waals surface area contributed by atoms with Crippen LogP contribution in [0.25, 0.3) is 11.1 Å². The molecule has 5 N–H and O–H groups in total. The first-order valence-corrected chi connectivity index (χ1v) is 19.4. The lowest BCUT2D eigenvalue weighted by atomic mass is 10.0. The number of likely N-dealkylation sites (tertiary alicyclic amines) is 1. The highest BCUT2D eigenvalue weighted by molar-refractivity contribution is 7.10. The number of nitrogens with zero attached hydrogens (tertiary/aromatic N) is 1. The van der Waals surface area contributed by atoms with E-state index in [1.807, 2.05) is 0 Å². The SMILES string of the molecule is COC(=O)CCCCCCCCCOC[C@@]1(F)C[C@@H](C(=O)NC(C)c2cc(C(=N)N)cs2)N(C(=O)CNC(=O)c2ccc3c(c2)-c2ccccc2C3(F)F)C1. The second-order valence-corrected chi connectivity index (χ2v) is 15.1. The molecule has 2 aliphatic rings. The molecule has 1 fully saturated rings. The summed E-state index contributed by atoms with van der Waals surface area (Å²) in [6.45, 7) is 0.713. The standard InChI is InChI=1S/C40H48F3N5O6S/c1-25(33-19-27(22-55-33)36(44)45)47-38(52)32-20-39(41,24-54-17-11-7-5-3-4-6-8-14-35(50)53-2)23-48(32)34(49)21-46-37(51)26-15-16-31-29(18-26)28-12-9-10-13-30(28)40(31,42)43/h9-10,12-13,15-16,18-19,22,25,32H,3-8,11,14,17,20-21,23-24H2,1-2H3,(H3,44,45)(H,46,51)(H,47,52)/t25?,32-,39+/m0/s1. The first kappa shape index (κ1) is 41.4. The van der Waals surface area contributed by atoms with Crippen molar-refractivity contribution < 1.29 is 41.8 Å². The van der Waals surface area contributed by atoms with Crippen LogP contribution >= 0.6 is 11.3 Å². The van der Waals surface area contributed by atoms with Crippen LogP contribution in [0.4, 0.5) is 13.2 Å². The predicted molar refractivity (Wildman–Crippen MR) is 203 cm³/mol. The molecular weight excluding hydrogens is 736 g/mol. The van der Waals surface area contributed by atoms with Crippen LogP contribution < -0.4 is 16.4 Å². The monoisotopic (exact) mass is 783 g/mol. The zero-order valence-electron chi connectivity index (χ0n) is 31.1. The van der Waals surface area contributed by atoms with Crippen LogP contribution in [0.2, 0.25) is 0 Å². The summed E-state index contributed by atoms with van der Waals surface area (Å²) in [6, 6.07) is 9.86. The Balaban J connectivity index is 1.18. The van der Waals surface area contributed by atoms with E-state index in [9.17, 15) is 19.2 Å². The van der Waals surface area contributed by atoms with E-state index in [0.29, 0.717) is 35.5 Å². The molecule has 0 bridgehead atoms. The van der Waals surface area contributed by atoms with Gasteiger partial charge < -0.3 is 30.7 Å². The van der Waals surface area contributed by atoms with Crippen molar-refractivity contribution in [3.63, 3.8) is 0 Å². The Kier molecular flexibility index (Phi) is 13.7. The zero-order valence-corrected chi connectivity index (χ0v) is 31.9. The van der Waals surface area contributed by atoms with Gasteiger partial charge in [-0.2, -0.15) is 8.78 Å². The van der Waals surface area contributed by atoms with Gasteiger partial charge in [0, 0.05) is 52.0 Å².